The predicted octanol–water partition coefficient (Wildman–Crippen LogP) is 3.73. The lowest BCUT2D eigenvalue weighted by Crippen LogP contribution is -2.21. The van der Waals surface area contributed by atoms with E-state index in [1.165, 1.54) is 18.5 Å². The number of anilines is 1. The van der Waals surface area contributed by atoms with Gasteiger partial charge in [0.25, 0.3) is 5.91 Å². The minimum atomic E-state index is -0.515. The maximum absolute atomic E-state index is 14.4. The third-order valence-electron chi connectivity index (χ3n) is 5.26. The van der Waals surface area contributed by atoms with Crippen molar-refractivity contribution in [2.75, 3.05) is 25.0 Å². The largest absolute Gasteiger partial charge is 0.489 e. The Morgan fingerprint density at radius 2 is 2.19 bits per heavy atom. The quantitative estimate of drug-likeness (QED) is 0.480. The van der Waals surface area contributed by atoms with Gasteiger partial charge in [-0.05, 0) is 49.9 Å². The lowest BCUT2D eigenvalue weighted by Gasteiger charge is -2.11. The average Bonchev–Trinajstić information content (AvgIpc) is 3.10. The van der Waals surface area contributed by atoms with Crippen LogP contribution >= 0.6 is 0 Å². The van der Waals surface area contributed by atoms with E-state index < -0.39 is 5.82 Å². The van der Waals surface area contributed by atoms with Gasteiger partial charge in [0.05, 0.1) is 11.3 Å². The molecule has 0 saturated carbocycles. The summed E-state index contributed by atoms with van der Waals surface area (Å²) in [7, 11) is 0. The first kappa shape index (κ1) is 21.0. The molecule has 1 amide bonds. The van der Waals surface area contributed by atoms with E-state index in [-0.39, 0.29) is 11.7 Å². The zero-order chi connectivity index (χ0) is 21.6. The Morgan fingerprint density at radius 3 is 3.03 bits per heavy atom. The van der Waals surface area contributed by atoms with Crippen LogP contribution in [0.2, 0.25) is 0 Å². The second-order valence-electron chi connectivity index (χ2n) is 7.50. The Bertz CT molecular complexity index is 1070. The smallest absolute Gasteiger partial charge is 0.257 e. The van der Waals surface area contributed by atoms with Crippen molar-refractivity contribution in [3.8, 4) is 17.0 Å². The van der Waals surface area contributed by atoms with Crippen LogP contribution in [0.1, 0.15) is 41.4 Å². The Morgan fingerprint density at radius 1 is 1.29 bits per heavy atom. The van der Waals surface area contributed by atoms with Crippen LogP contribution < -0.4 is 15.4 Å². The third kappa shape index (κ3) is 4.74. The van der Waals surface area contributed by atoms with Crippen LogP contribution in [-0.2, 0) is 12.8 Å². The van der Waals surface area contributed by atoms with Gasteiger partial charge in [-0.1, -0.05) is 6.92 Å². The van der Waals surface area contributed by atoms with Crippen molar-refractivity contribution in [2.24, 2.45) is 0 Å². The molecule has 0 aliphatic heterocycles. The lowest BCUT2D eigenvalue weighted by molar-refractivity contribution is 0.102. The van der Waals surface area contributed by atoms with Gasteiger partial charge in [-0.2, -0.15) is 0 Å². The van der Waals surface area contributed by atoms with Gasteiger partial charge in [0.2, 0.25) is 0 Å². The van der Waals surface area contributed by atoms with Gasteiger partial charge in [0.15, 0.2) is 11.6 Å². The number of hydrogen-bond acceptors (Lipinski definition) is 5. The number of aromatic amines is 1. The Hall–Kier alpha value is -3.26. The van der Waals surface area contributed by atoms with Crippen molar-refractivity contribution in [3.05, 3.63) is 59.6 Å². The SMILES string of the molecule is CCCNCCOc1ccc(NC(=O)c2c[nH]c3c2-c2ncncc2CCC3)cc1F. The standard InChI is InChI=1S/C23H26FN5O2/c1-2-8-25-9-10-31-20-7-6-16(11-18(20)24)29-23(30)17-13-27-19-5-3-4-15-12-26-14-28-22(15)21(17)19/h6-7,11-14,25,27H,2-5,8-10H2,1H3,(H,29,30). The van der Waals surface area contributed by atoms with E-state index in [1.807, 2.05) is 0 Å². The number of ether oxygens (including phenoxy) is 1. The molecule has 1 aromatic carbocycles. The third-order valence-corrected chi connectivity index (χ3v) is 5.26. The van der Waals surface area contributed by atoms with E-state index >= 15 is 0 Å². The molecule has 0 saturated heterocycles. The van der Waals surface area contributed by atoms with Crippen molar-refractivity contribution in [1.29, 1.82) is 0 Å². The molecule has 2 aromatic heterocycles. The molecule has 0 radical (unpaired) electrons. The topological polar surface area (TPSA) is 91.9 Å². The number of aryl methyl sites for hydroxylation is 2. The van der Waals surface area contributed by atoms with Crippen LogP contribution in [0.15, 0.2) is 36.9 Å². The molecule has 3 aromatic rings. The zero-order valence-electron chi connectivity index (χ0n) is 17.5. The summed E-state index contributed by atoms with van der Waals surface area (Å²) in [4.78, 5) is 24.7. The van der Waals surface area contributed by atoms with Crippen LogP contribution in [0.4, 0.5) is 10.1 Å². The fourth-order valence-electron chi connectivity index (χ4n) is 3.76. The summed E-state index contributed by atoms with van der Waals surface area (Å²) in [6.45, 7) is 4.00. The molecule has 0 unspecified atom stereocenters. The van der Waals surface area contributed by atoms with Gasteiger partial charge in [-0.25, -0.2) is 14.4 Å². The lowest BCUT2D eigenvalue weighted by atomic mass is 10.0. The molecule has 8 heteroatoms. The van der Waals surface area contributed by atoms with Crippen LogP contribution in [0.25, 0.3) is 11.3 Å². The molecular formula is C23H26FN5O2. The number of carbonyl (C=O) groups is 1. The molecule has 31 heavy (non-hydrogen) atoms. The molecular weight excluding hydrogens is 397 g/mol. The number of H-pyrrole nitrogens is 1. The van der Waals surface area contributed by atoms with Gasteiger partial charge < -0.3 is 20.4 Å². The second-order valence-corrected chi connectivity index (χ2v) is 7.50. The molecule has 0 atom stereocenters. The average molecular weight is 423 g/mol. The minimum absolute atomic E-state index is 0.164. The van der Waals surface area contributed by atoms with Gasteiger partial charge in [-0.3, -0.25) is 4.79 Å². The van der Waals surface area contributed by atoms with E-state index in [0.29, 0.717) is 24.4 Å². The molecule has 162 valence electrons. The first-order valence-corrected chi connectivity index (χ1v) is 10.6. The van der Waals surface area contributed by atoms with Crippen LogP contribution in [0.5, 0.6) is 5.75 Å². The highest BCUT2D eigenvalue weighted by molar-refractivity contribution is 6.09. The highest BCUT2D eigenvalue weighted by Crippen LogP contribution is 2.33. The van der Waals surface area contributed by atoms with E-state index in [0.717, 1.165) is 54.7 Å². The molecule has 2 heterocycles. The maximum atomic E-state index is 14.4. The van der Waals surface area contributed by atoms with Crippen molar-refractivity contribution in [2.45, 2.75) is 32.6 Å². The van der Waals surface area contributed by atoms with Crippen LogP contribution in [0, 0.1) is 5.82 Å². The van der Waals surface area contributed by atoms with Crippen molar-refractivity contribution < 1.29 is 13.9 Å². The normalized spacial score (nSPS) is 12.6. The number of hydrogen-bond donors (Lipinski definition) is 3. The number of carbonyl (C=O) groups excluding carboxylic acids is 1. The van der Waals surface area contributed by atoms with E-state index in [1.54, 1.807) is 18.5 Å². The van der Waals surface area contributed by atoms with Crippen molar-refractivity contribution >= 4 is 11.6 Å². The molecule has 4 rings (SSSR count). The number of halogens is 1. The number of benzene rings is 1. The van der Waals surface area contributed by atoms with E-state index in [2.05, 4.69) is 32.5 Å². The van der Waals surface area contributed by atoms with E-state index in [9.17, 15) is 9.18 Å². The summed E-state index contributed by atoms with van der Waals surface area (Å²) >= 11 is 0. The summed E-state index contributed by atoms with van der Waals surface area (Å²) in [5.41, 5.74) is 4.43. The van der Waals surface area contributed by atoms with Gasteiger partial charge in [0.1, 0.15) is 12.9 Å². The highest BCUT2D eigenvalue weighted by Gasteiger charge is 2.24. The molecule has 7 nitrogen and oxygen atoms in total. The minimum Gasteiger partial charge on any atom is -0.489 e. The summed E-state index contributed by atoms with van der Waals surface area (Å²) in [5.74, 6) is -0.669. The molecule has 0 bridgehead atoms. The highest BCUT2D eigenvalue weighted by atomic mass is 19.1. The number of amides is 1. The fourth-order valence-corrected chi connectivity index (χ4v) is 3.76. The second kappa shape index (κ2) is 9.70. The Labute approximate surface area is 180 Å². The Balaban J connectivity index is 1.48. The number of nitrogens with one attached hydrogen (secondary N) is 3. The molecule has 1 aliphatic rings. The van der Waals surface area contributed by atoms with Gasteiger partial charge in [0, 0.05) is 41.9 Å². The first-order chi connectivity index (χ1) is 15.2. The maximum Gasteiger partial charge on any atom is 0.257 e. The van der Waals surface area contributed by atoms with Gasteiger partial charge in [-0.15, -0.1) is 0 Å². The molecule has 0 spiro atoms. The molecule has 1 aliphatic carbocycles. The summed E-state index contributed by atoms with van der Waals surface area (Å²) in [6, 6.07) is 4.44. The molecule has 0 fully saturated rings. The van der Waals surface area contributed by atoms with Crippen LogP contribution in [-0.4, -0.2) is 40.6 Å². The molecule has 3 N–H and O–H groups in total. The monoisotopic (exact) mass is 423 g/mol. The summed E-state index contributed by atoms with van der Waals surface area (Å²) < 4.78 is 19.9. The van der Waals surface area contributed by atoms with Crippen LogP contribution in [0.3, 0.4) is 0 Å². The number of nitrogens with zero attached hydrogens (tertiary/aromatic N) is 2. The fraction of sp³-hybridized carbons (Fsp3) is 0.348. The summed E-state index contributed by atoms with van der Waals surface area (Å²) in [5, 5.41) is 5.99. The Kier molecular flexibility index (Phi) is 6.57. The van der Waals surface area contributed by atoms with E-state index in [4.69, 9.17) is 4.74 Å². The van der Waals surface area contributed by atoms with Crippen molar-refractivity contribution in [3.63, 3.8) is 0 Å². The number of aromatic nitrogens is 3. The number of fused-ring (bicyclic) bond motifs is 3. The predicted molar refractivity (Wildman–Crippen MR) is 117 cm³/mol. The zero-order valence-corrected chi connectivity index (χ0v) is 17.5. The number of rotatable bonds is 8. The van der Waals surface area contributed by atoms with Gasteiger partial charge >= 0.3 is 0 Å². The summed E-state index contributed by atoms with van der Waals surface area (Å²) in [6.07, 6.45) is 8.66. The van der Waals surface area contributed by atoms with Crippen molar-refractivity contribution in [1.82, 2.24) is 20.3 Å². The first-order valence-electron chi connectivity index (χ1n) is 10.6.